The fraction of sp³-hybridized carbons (Fsp3) is 0.333. The Morgan fingerprint density at radius 1 is 0.969 bits per heavy atom. The zero-order chi connectivity index (χ0) is 23.4. The van der Waals surface area contributed by atoms with E-state index in [4.69, 9.17) is 18.9 Å². The van der Waals surface area contributed by atoms with Gasteiger partial charge in [-0.15, -0.1) is 0 Å². The molecular weight excluding hydrogens is 414 g/mol. The fourth-order valence-electron chi connectivity index (χ4n) is 3.86. The Morgan fingerprint density at radius 2 is 1.66 bits per heavy atom. The number of carbonyl (C=O) groups excluding carboxylic acids is 2. The summed E-state index contributed by atoms with van der Waals surface area (Å²) >= 11 is 0. The molecule has 1 amide bonds. The van der Waals surface area contributed by atoms with Gasteiger partial charge in [0, 0.05) is 24.8 Å². The molecule has 0 saturated carbocycles. The van der Waals surface area contributed by atoms with E-state index < -0.39 is 17.7 Å². The van der Waals surface area contributed by atoms with Gasteiger partial charge in [0.1, 0.15) is 23.0 Å². The van der Waals surface area contributed by atoms with E-state index in [1.165, 1.54) is 26.2 Å². The first-order valence-electron chi connectivity index (χ1n) is 10.0. The van der Waals surface area contributed by atoms with Crippen molar-refractivity contribution in [2.24, 2.45) is 0 Å². The molecule has 2 aromatic carbocycles. The van der Waals surface area contributed by atoms with Crippen LogP contribution in [-0.2, 0) is 14.3 Å². The third-order valence-electron chi connectivity index (χ3n) is 5.48. The molecule has 0 spiro atoms. The predicted octanol–water partition coefficient (Wildman–Crippen LogP) is 3.09. The molecule has 0 radical (unpaired) electrons. The lowest BCUT2D eigenvalue weighted by Crippen LogP contribution is -2.32. The molecule has 8 heteroatoms. The fourth-order valence-corrected chi connectivity index (χ4v) is 3.86. The summed E-state index contributed by atoms with van der Waals surface area (Å²) in [5.41, 5.74) is 1.68. The van der Waals surface area contributed by atoms with Gasteiger partial charge >= 0.3 is 0 Å². The van der Waals surface area contributed by atoms with E-state index in [1.807, 2.05) is 6.92 Å². The van der Waals surface area contributed by atoms with Gasteiger partial charge in [-0.25, -0.2) is 0 Å². The van der Waals surface area contributed by atoms with E-state index in [0.717, 1.165) is 5.56 Å². The molecular formula is C24H27NO7. The van der Waals surface area contributed by atoms with Gasteiger partial charge in [0.05, 0.1) is 39.6 Å². The number of hydrogen-bond acceptors (Lipinski definition) is 7. The Hall–Kier alpha value is -3.52. The molecule has 170 valence electrons. The van der Waals surface area contributed by atoms with Gasteiger partial charge in [0.25, 0.3) is 11.7 Å². The predicted molar refractivity (Wildman–Crippen MR) is 118 cm³/mol. The number of nitrogens with zero attached hydrogens (tertiary/aromatic N) is 1. The summed E-state index contributed by atoms with van der Waals surface area (Å²) < 4.78 is 21.3. The van der Waals surface area contributed by atoms with Crippen molar-refractivity contribution in [2.75, 3.05) is 41.6 Å². The van der Waals surface area contributed by atoms with Crippen LogP contribution in [0, 0.1) is 6.92 Å². The highest BCUT2D eigenvalue weighted by molar-refractivity contribution is 6.46. The molecule has 1 N–H and O–H groups in total. The van der Waals surface area contributed by atoms with Gasteiger partial charge in [-0.1, -0.05) is 0 Å². The van der Waals surface area contributed by atoms with E-state index in [1.54, 1.807) is 43.5 Å². The third kappa shape index (κ3) is 4.13. The minimum Gasteiger partial charge on any atom is -0.507 e. The van der Waals surface area contributed by atoms with Gasteiger partial charge in [-0.3, -0.25) is 9.59 Å². The molecule has 1 aliphatic heterocycles. The van der Waals surface area contributed by atoms with Crippen molar-refractivity contribution >= 4 is 17.4 Å². The largest absolute Gasteiger partial charge is 0.507 e. The van der Waals surface area contributed by atoms with Crippen LogP contribution in [0.5, 0.6) is 17.2 Å². The topological polar surface area (TPSA) is 94.5 Å². The number of likely N-dealkylation sites (tertiary alicyclic amines) is 1. The number of amides is 1. The van der Waals surface area contributed by atoms with Gasteiger partial charge in [0.2, 0.25) is 0 Å². The molecule has 32 heavy (non-hydrogen) atoms. The molecule has 0 aliphatic carbocycles. The van der Waals surface area contributed by atoms with E-state index in [0.29, 0.717) is 28.4 Å². The summed E-state index contributed by atoms with van der Waals surface area (Å²) in [6.07, 6.45) is 0. The first-order chi connectivity index (χ1) is 15.4. The van der Waals surface area contributed by atoms with Crippen LogP contribution in [0.15, 0.2) is 42.0 Å². The highest BCUT2D eigenvalue weighted by Gasteiger charge is 2.47. The van der Waals surface area contributed by atoms with E-state index in [-0.39, 0.29) is 24.5 Å². The van der Waals surface area contributed by atoms with Crippen LogP contribution in [0.2, 0.25) is 0 Å². The maximum Gasteiger partial charge on any atom is 0.295 e. The number of hydrogen-bond donors (Lipinski definition) is 1. The second-order valence-corrected chi connectivity index (χ2v) is 7.28. The van der Waals surface area contributed by atoms with Gasteiger partial charge in [0.15, 0.2) is 0 Å². The van der Waals surface area contributed by atoms with Crippen molar-refractivity contribution in [3.05, 3.63) is 58.7 Å². The van der Waals surface area contributed by atoms with Crippen LogP contribution in [-0.4, -0.2) is 63.3 Å². The number of ether oxygens (including phenoxy) is 4. The maximum absolute atomic E-state index is 13.1. The highest BCUT2D eigenvalue weighted by Crippen LogP contribution is 2.44. The lowest BCUT2D eigenvalue weighted by Gasteiger charge is -2.26. The Kier molecular flexibility index (Phi) is 7.05. The average Bonchev–Trinajstić information content (AvgIpc) is 3.06. The quantitative estimate of drug-likeness (QED) is 0.382. The van der Waals surface area contributed by atoms with Crippen molar-refractivity contribution < 1.29 is 33.6 Å². The average molecular weight is 441 g/mol. The number of carbonyl (C=O) groups is 2. The maximum atomic E-state index is 13.1. The van der Waals surface area contributed by atoms with E-state index in [2.05, 4.69) is 0 Å². The molecule has 1 saturated heterocycles. The Labute approximate surface area is 187 Å². The minimum absolute atomic E-state index is 0.0257. The van der Waals surface area contributed by atoms with Gasteiger partial charge < -0.3 is 29.0 Å². The Morgan fingerprint density at radius 3 is 2.25 bits per heavy atom. The molecule has 1 fully saturated rings. The summed E-state index contributed by atoms with van der Waals surface area (Å²) in [5, 5.41) is 11.2. The molecule has 0 aromatic heterocycles. The van der Waals surface area contributed by atoms with Crippen LogP contribution in [0.4, 0.5) is 0 Å². The third-order valence-corrected chi connectivity index (χ3v) is 5.48. The Balaban J connectivity index is 2.25. The van der Waals surface area contributed by atoms with Crippen molar-refractivity contribution in [3.63, 3.8) is 0 Å². The molecule has 1 heterocycles. The SMILES string of the molecule is COCCN1C(=O)C(=O)C(=C(O)c2ccc(OC)c(C)c2)[C@H]1c1cc(OC)ccc1OC. The first kappa shape index (κ1) is 23.1. The second-order valence-electron chi connectivity index (χ2n) is 7.28. The number of aliphatic hydroxyl groups is 1. The molecule has 1 aliphatic rings. The Bertz CT molecular complexity index is 1060. The van der Waals surface area contributed by atoms with Crippen LogP contribution >= 0.6 is 0 Å². The lowest BCUT2D eigenvalue weighted by molar-refractivity contribution is -0.140. The molecule has 8 nitrogen and oxygen atoms in total. The van der Waals surface area contributed by atoms with Crippen LogP contribution < -0.4 is 14.2 Å². The zero-order valence-corrected chi connectivity index (χ0v) is 18.8. The minimum atomic E-state index is -0.877. The van der Waals surface area contributed by atoms with Crippen LogP contribution in [0.25, 0.3) is 5.76 Å². The number of benzene rings is 2. The summed E-state index contributed by atoms with van der Waals surface area (Å²) in [6.45, 7) is 2.21. The number of rotatable bonds is 8. The van der Waals surface area contributed by atoms with Crippen LogP contribution in [0.3, 0.4) is 0 Å². The van der Waals surface area contributed by atoms with Crippen molar-refractivity contribution in [3.8, 4) is 17.2 Å². The monoisotopic (exact) mass is 441 g/mol. The molecule has 1 atom stereocenters. The van der Waals surface area contributed by atoms with Gasteiger partial charge in [-0.05, 0) is 48.9 Å². The number of methoxy groups -OCH3 is 4. The van der Waals surface area contributed by atoms with Crippen molar-refractivity contribution in [2.45, 2.75) is 13.0 Å². The van der Waals surface area contributed by atoms with Crippen molar-refractivity contribution in [1.82, 2.24) is 4.90 Å². The zero-order valence-electron chi connectivity index (χ0n) is 18.8. The number of Topliss-reactive ketones (excluding diaryl/α,β-unsaturated/α-hetero) is 1. The van der Waals surface area contributed by atoms with E-state index in [9.17, 15) is 14.7 Å². The normalized spacial score (nSPS) is 17.5. The highest BCUT2D eigenvalue weighted by atomic mass is 16.5. The molecule has 2 aromatic rings. The first-order valence-corrected chi connectivity index (χ1v) is 10.0. The molecule has 0 unspecified atom stereocenters. The lowest BCUT2D eigenvalue weighted by atomic mass is 9.94. The number of aryl methyl sites for hydroxylation is 1. The van der Waals surface area contributed by atoms with E-state index >= 15 is 0 Å². The summed E-state index contributed by atoms with van der Waals surface area (Å²) in [6, 6.07) is 9.28. The molecule has 0 bridgehead atoms. The smallest absolute Gasteiger partial charge is 0.295 e. The standard InChI is InChI=1S/C24H27NO7/c1-14-12-15(6-8-18(14)31-4)22(26)20-21(25(10-11-29-2)24(28)23(20)27)17-13-16(30-3)7-9-19(17)32-5/h6-9,12-13,21,26H,10-11H2,1-5H3/t21-/m1/s1. The number of aliphatic hydroxyl groups excluding tert-OH is 1. The summed E-state index contributed by atoms with van der Waals surface area (Å²) in [7, 11) is 6.09. The van der Waals surface area contributed by atoms with Crippen molar-refractivity contribution in [1.29, 1.82) is 0 Å². The summed E-state index contributed by atoms with van der Waals surface area (Å²) in [5.74, 6) is -0.141. The number of ketones is 1. The van der Waals surface area contributed by atoms with Crippen LogP contribution in [0.1, 0.15) is 22.7 Å². The molecule has 3 rings (SSSR count). The summed E-state index contributed by atoms with van der Waals surface area (Å²) in [4.78, 5) is 27.4. The second kappa shape index (κ2) is 9.74. The van der Waals surface area contributed by atoms with Gasteiger partial charge in [-0.2, -0.15) is 0 Å².